The van der Waals surface area contributed by atoms with Gasteiger partial charge in [0, 0.05) is 44.9 Å². The van der Waals surface area contributed by atoms with Gasteiger partial charge in [-0.15, -0.1) is 0 Å². The molecule has 3 rings (SSSR count). The topological polar surface area (TPSA) is 54.9 Å². The van der Waals surface area contributed by atoms with Gasteiger partial charge in [0.05, 0.1) is 23.9 Å². The average Bonchev–Trinajstić information content (AvgIpc) is 3.18. The Morgan fingerprint density at radius 1 is 1.41 bits per heavy atom. The Bertz CT molecular complexity index is 679. The molecule has 29 heavy (non-hydrogen) atoms. The molecule has 0 amide bonds. The molecule has 2 aliphatic rings. The summed E-state index contributed by atoms with van der Waals surface area (Å²) in [5, 5.41) is 0. The quantitative estimate of drug-likeness (QED) is 0.622. The Kier molecular flexibility index (Phi) is 7.10. The fourth-order valence-corrected chi connectivity index (χ4v) is 4.79. The minimum absolute atomic E-state index is 0.140. The number of aromatic nitrogens is 1. The summed E-state index contributed by atoms with van der Waals surface area (Å²) in [6, 6.07) is 6.03. The molecule has 2 atom stereocenters. The third kappa shape index (κ3) is 5.23. The Morgan fingerprint density at radius 3 is 2.86 bits per heavy atom. The number of ketones is 1. The second-order valence-corrected chi connectivity index (χ2v) is 9.40. The zero-order chi connectivity index (χ0) is 21.1. The van der Waals surface area contributed by atoms with E-state index in [1.807, 2.05) is 18.2 Å². The van der Waals surface area contributed by atoms with Crippen LogP contribution in [-0.2, 0) is 9.47 Å². The Labute approximate surface area is 175 Å². The fourth-order valence-electron chi connectivity index (χ4n) is 4.79. The molecule has 0 spiro atoms. The molecule has 0 N–H and O–H groups in total. The summed E-state index contributed by atoms with van der Waals surface area (Å²) in [6.45, 7) is 12.4. The van der Waals surface area contributed by atoms with Crippen molar-refractivity contribution in [2.75, 3.05) is 39.9 Å². The minimum Gasteiger partial charge on any atom is -0.377 e. The molecule has 2 saturated heterocycles. The lowest BCUT2D eigenvalue weighted by molar-refractivity contribution is -0.104. The van der Waals surface area contributed by atoms with E-state index in [1.165, 1.54) is 0 Å². The van der Waals surface area contributed by atoms with E-state index in [0.29, 0.717) is 24.8 Å². The van der Waals surface area contributed by atoms with Gasteiger partial charge in [-0.3, -0.25) is 19.6 Å². The first kappa shape index (κ1) is 22.3. The third-order valence-electron chi connectivity index (χ3n) is 6.33. The SMILES string of the molecule is CC(C)OCCN(C)[C@@H]1CCN([C@]2(C(=O)c3ccccn3)CCOC(C)(C)C2)C1. The number of ether oxygens (including phenoxy) is 2. The van der Waals surface area contributed by atoms with E-state index in [1.54, 1.807) is 6.20 Å². The molecule has 0 bridgehead atoms. The van der Waals surface area contributed by atoms with Crippen LogP contribution >= 0.6 is 0 Å². The Balaban J connectivity index is 1.76. The van der Waals surface area contributed by atoms with Crippen LogP contribution in [0.1, 0.15) is 57.4 Å². The second-order valence-electron chi connectivity index (χ2n) is 9.40. The molecule has 1 aromatic heterocycles. The summed E-state index contributed by atoms with van der Waals surface area (Å²) < 4.78 is 11.7. The van der Waals surface area contributed by atoms with Crippen molar-refractivity contribution < 1.29 is 14.3 Å². The maximum absolute atomic E-state index is 13.7. The van der Waals surface area contributed by atoms with Crippen LogP contribution in [0, 0.1) is 0 Å². The van der Waals surface area contributed by atoms with Crippen molar-refractivity contribution in [3.05, 3.63) is 30.1 Å². The monoisotopic (exact) mass is 403 g/mol. The molecule has 0 unspecified atom stereocenters. The van der Waals surface area contributed by atoms with Crippen molar-refractivity contribution in [1.82, 2.24) is 14.8 Å². The lowest BCUT2D eigenvalue weighted by Gasteiger charge is -2.48. The first-order valence-electron chi connectivity index (χ1n) is 10.9. The van der Waals surface area contributed by atoms with Gasteiger partial charge in [-0.05, 0) is 59.7 Å². The third-order valence-corrected chi connectivity index (χ3v) is 6.33. The minimum atomic E-state index is -0.542. The van der Waals surface area contributed by atoms with Crippen molar-refractivity contribution >= 4 is 5.78 Å². The van der Waals surface area contributed by atoms with E-state index >= 15 is 0 Å². The number of hydrogen-bond acceptors (Lipinski definition) is 6. The van der Waals surface area contributed by atoms with Crippen LogP contribution in [0.5, 0.6) is 0 Å². The zero-order valence-electron chi connectivity index (χ0n) is 18.7. The highest BCUT2D eigenvalue weighted by Crippen LogP contribution is 2.40. The van der Waals surface area contributed by atoms with Gasteiger partial charge in [0.15, 0.2) is 0 Å². The number of likely N-dealkylation sites (N-methyl/N-ethyl adjacent to an activating group) is 1. The molecule has 0 aromatic carbocycles. The van der Waals surface area contributed by atoms with Gasteiger partial charge < -0.3 is 9.47 Å². The highest BCUT2D eigenvalue weighted by molar-refractivity contribution is 6.02. The highest BCUT2D eigenvalue weighted by atomic mass is 16.5. The number of carbonyl (C=O) groups excluding carboxylic acids is 1. The molecule has 0 aliphatic carbocycles. The van der Waals surface area contributed by atoms with Gasteiger partial charge in [0.1, 0.15) is 5.69 Å². The molecule has 2 aliphatic heterocycles. The standard InChI is InChI=1S/C23H37N3O3/c1-18(2)28-15-13-25(5)19-9-12-26(16-19)23(10-14-29-22(3,4)17-23)21(27)20-8-6-7-11-24-20/h6-8,11,18-19H,9-10,12-17H2,1-5H3/t19-,23-/m1/s1. The predicted octanol–water partition coefficient (Wildman–Crippen LogP) is 3.02. The van der Waals surface area contributed by atoms with E-state index in [9.17, 15) is 4.79 Å². The van der Waals surface area contributed by atoms with Crippen LogP contribution in [-0.4, -0.2) is 83.7 Å². The molecular weight excluding hydrogens is 366 g/mol. The number of pyridine rings is 1. The van der Waals surface area contributed by atoms with Gasteiger partial charge in [-0.1, -0.05) is 6.07 Å². The smallest absolute Gasteiger partial charge is 0.201 e. The van der Waals surface area contributed by atoms with Gasteiger partial charge >= 0.3 is 0 Å². The van der Waals surface area contributed by atoms with Crippen molar-refractivity contribution in [3.63, 3.8) is 0 Å². The number of Topliss-reactive ketones (excluding diaryl/α,β-unsaturated/α-hetero) is 1. The maximum Gasteiger partial charge on any atom is 0.201 e. The summed E-state index contributed by atoms with van der Waals surface area (Å²) in [4.78, 5) is 22.9. The van der Waals surface area contributed by atoms with E-state index in [-0.39, 0.29) is 17.5 Å². The number of carbonyl (C=O) groups is 1. The largest absolute Gasteiger partial charge is 0.377 e. The summed E-state index contributed by atoms with van der Waals surface area (Å²) in [5.74, 6) is 0.140. The number of likely N-dealkylation sites (tertiary alicyclic amines) is 1. The second kappa shape index (κ2) is 9.21. The molecule has 0 radical (unpaired) electrons. The summed E-state index contributed by atoms with van der Waals surface area (Å²) >= 11 is 0. The summed E-state index contributed by atoms with van der Waals surface area (Å²) in [6.07, 6.45) is 4.45. The van der Waals surface area contributed by atoms with Crippen molar-refractivity contribution in [2.24, 2.45) is 0 Å². The molecule has 0 saturated carbocycles. The van der Waals surface area contributed by atoms with Gasteiger partial charge in [0.25, 0.3) is 0 Å². The molecule has 162 valence electrons. The molecule has 2 fully saturated rings. The van der Waals surface area contributed by atoms with Crippen LogP contribution in [0.3, 0.4) is 0 Å². The Morgan fingerprint density at radius 2 is 2.21 bits per heavy atom. The van der Waals surface area contributed by atoms with Gasteiger partial charge in [0.2, 0.25) is 5.78 Å². The maximum atomic E-state index is 13.7. The average molecular weight is 404 g/mol. The first-order chi connectivity index (χ1) is 13.7. The predicted molar refractivity (Wildman–Crippen MR) is 114 cm³/mol. The number of hydrogen-bond donors (Lipinski definition) is 0. The van der Waals surface area contributed by atoms with Crippen LogP contribution in [0.4, 0.5) is 0 Å². The van der Waals surface area contributed by atoms with Crippen molar-refractivity contribution in [1.29, 1.82) is 0 Å². The van der Waals surface area contributed by atoms with E-state index in [0.717, 1.165) is 39.1 Å². The van der Waals surface area contributed by atoms with Crippen LogP contribution < -0.4 is 0 Å². The number of nitrogens with zero attached hydrogens (tertiary/aromatic N) is 3. The summed E-state index contributed by atoms with van der Waals surface area (Å²) in [5.41, 5.74) is -0.301. The van der Waals surface area contributed by atoms with Crippen molar-refractivity contribution in [2.45, 2.75) is 70.2 Å². The van der Waals surface area contributed by atoms with Gasteiger partial charge in [-0.2, -0.15) is 0 Å². The van der Waals surface area contributed by atoms with E-state index < -0.39 is 5.54 Å². The molecule has 1 aromatic rings. The van der Waals surface area contributed by atoms with Crippen molar-refractivity contribution in [3.8, 4) is 0 Å². The normalized spacial score (nSPS) is 27.6. The zero-order valence-corrected chi connectivity index (χ0v) is 18.7. The highest BCUT2D eigenvalue weighted by Gasteiger charge is 2.52. The van der Waals surface area contributed by atoms with Gasteiger partial charge in [-0.25, -0.2) is 0 Å². The molecular formula is C23H37N3O3. The number of rotatable bonds is 8. The van der Waals surface area contributed by atoms with E-state index in [4.69, 9.17) is 9.47 Å². The molecule has 3 heterocycles. The lowest BCUT2D eigenvalue weighted by atomic mass is 9.76. The van der Waals surface area contributed by atoms with E-state index in [2.05, 4.69) is 49.5 Å². The lowest BCUT2D eigenvalue weighted by Crippen LogP contribution is -2.61. The summed E-state index contributed by atoms with van der Waals surface area (Å²) in [7, 11) is 2.17. The van der Waals surface area contributed by atoms with Crippen LogP contribution in [0.25, 0.3) is 0 Å². The van der Waals surface area contributed by atoms with Crippen LogP contribution in [0.2, 0.25) is 0 Å². The first-order valence-corrected chi connectivity index (χ1v) is 10.9. The fraction of sp³-hybridized carbons (Fsp3) is 0.739. The van der Waals surface area contributed by atoms with Crippen LogP contribution in [0.15, 0.2) is 24.4 Å². The molecule has 6 heteroatoms. The Hall–Kier alpha value is -1.34. The molecule has 6 nitrogen and oxygen atoms in total.